The molecular formula is C24H20ClNO6. The van der Waals surface area contributed by atoms with Crippen LogP contribution in [0, 0.1) is 0 Å². The van der Waals surface area contributed by atoms with Crippen LogP contribution in [-0.4, -0.2) is 35.9 Å². The molecule has 2 aromatic carbocycles. The summed E-state index contributed by atoms with van der Waals surface area (Å²) in [5.74, 6) is -0.386. The van der Waals surface area contributed by atoms with Gasteiger partial charge in [-0.3, -0.25) is 9.59 Å². The normalized spacial score (nSPS) is 17.6. The number of amides is 1. The van der Waals surface area contributed by atoms with Crippen LogP contribution in [0.25, 0.3) is 5.76 Å². The Kier molecular flexibility index (Phi) is 5.92. The molecule has 0 unspecified atom stereocenters. The molecular weight excluding hydrogens is 434 g/mol. The van der Waals surface area contributed by atoms with Crippen molar-refractivity contribution >= 4 is 29.1 Å². The van der Waals surface area contributed by atoms with Crippen molar-refractivity contribution in [3.8, 4) is 11.5 Å². The third-order valence-electron chi connectivity index (χ3n) is 5.29. The Morgan fingerprint density at radius 2 is 1.78 bits per heavy atom. The smallest absolute Gasteiger partial charge is 0.296 e. The fourth-order valence-corrected chi connectivity index (χ4v) is 3.87. The lowest BCUT2D eigenvalue weighted by molar-refractivity contribution is -0.140. The van der Waals surface area contributed by atoms with Crippen LogP contribution in [0.3, 0.4) is 0 Å². The monoisotopic (exact) mass is 453 g/mol. The first-order chi connectivity index (χ1) is 15.4. The standard InChI is InChI=1S/C24H20ClNO6/c1-30-18-10-7-15(12-19(18)31-2)21-20(22(27)14-5-8-16(25)9-6-14)23(28)24(29)26(21)13-17-4-3-11-32-17/h3-12,21,27H,13H2,1-2H3/t21-/m1/s1. The number of likely N-dealkylation sites (tertiary alicyclic amines) is 1. The van der Waals surface area contributed by atoms with Gasteiger partial charge in [-0.05, 0) is 54.1 Å². The minimum Gasteiger partial charge on any atom is -0.507 e. The number of ketones is 1. The van der Waals surface area contributed by atoms with Gasteiger partial charge in [-0.2, -0.15) is 0 Å². The van der Waals surface area contributed by atoms with E-state index < -0.39 is 17.7 Å². The molecule has 1 aromatic heterocycles. The van der Waals surface area contributed by atoms with Crippen LogP contribution < -0.4 is 9.47 Å². The number of methoxy groups -OCH3 is 2. The second kappa shape index (κ2) is 8.80. The molecule has 8 heteroatoms. The number of ether oxygens (including phenoxy) is 2. The summed E-state index contributed by atoms with van der Waals surface area (Å²) < 4.78 is 16.1. The Balaban J connectivity index is 1.89. The lowest BCUT2D eigenvalue weighted by Crippen LogP contribution is -2.29. The molecule has 1 N–H and O–H groups in total. The van der Waals surface area contributed by atoms with Gasteiger partial charge in [0.05, 0.1) is 38.6 Å². The van der Waals surface area contributed by atoms with E-state index in [-0.39, 0.29) is 17.9 Å². The average molecular weight is 454 g/mol. The molecule has 7 nitrogen and oxygen atoms in total. The number of aliphatic hydroxyl groups excluding tert-OH is 1. The van der Waals surface area contributed by atoms with Gasteiger partial charge in [0, 0.05) is 10.6 Å². The minimum atomic E-state index is -0.865. The summed E-state index contributed by atoms with van der Waals surface area (Å²) in [4.78, 5) is 27.4. The van der Waals surface area contributed by atoms with Crippen LogP contribution in [0.15, 0.2) is 70.9 Å². The number of hydrogen-bond acceptors (Lipinski definition) is 6. The summed E-state index contributed by atoms with van der Waals surface area (Å²) >= 11 is 5.95. The van der Waals surface area contributed by atoms with Gasteiger partial charge in [-0.1, -0.05) is 17.7 Å². The predicted octanol–water partition coefficient (Wildman–Crippen LogP) is 4.57. The predicted molar refractivity (Wildman–Crippen MR) is 118 cm³/mol. The van der Waals surface area contributed by atoms with Crippen LogP contribution in [0.5, 0.6) is 11.5 Å². The second-order valence-electron chi connectivity index (χ2n) is 7.13. The molecule has 2 heterocycles. The van der Waals surface area contributed by atoms with Crippen LogP contribution in [-0.2, 0) is 16.1 Å². The van der Waals surface area contributed by atoms with Gasteiger partial charge in [-0.15, -0.1) is 0 Å². The average Bonchev–Trinajstić information content (AvgIpc) is 3.41. The Labute approximate surface area is 189 Å². The molecule has 1 aliphatic rings. The van der Waals surface area contributed by atoms with Gasteiger partial charge in [-0.25, -0.2) is 0 Å². The first-order valence-electron chi connectivity index (χ1n) is 9.73. The molecule has 4 rings (SSSR count). The fourth-order valence-electron chi connectivity index (χ4n) is 3.75. The molecule has 0 spiro atoms. The number of furan rings is 1. The van der Waals surface area contributed by atoms with Gasteiger partial charge in [0.2, 0.25) is 0 Å². The van der Waals surface area contributed by atoms with Crippen molar-refractivity contribution in [2.45, 2.75) is 12.6 Å². The zero-order valence-electron chi connectivity index (χ0n) is 17.4. The van der Waals surface area contributed by atoms with Crippen molar-refractivity contribution in [3.63, 3.8) is 0 Å². The number of halogens is 1. The largest absolute Gasteiger partial charge is 0.507 e. The van der Waals surface area contributed by atoms with Crippen molar-refractivity contribution in [1.82, 2.24) is 4.90 Å². The number of Topliss-reactive ketones (excluding diaryl/α,β-unsaturated/α-hetero) is 1. The number of aliphatic hydroxyl groups is 1. The van der Waals surface area contributed by atoms with Crippen LogP contribution in [0.4, 0.5) is 0 Å². The number of carbonyl (C=O) groups excluding carboxylic acids is 2. The zero-order valence-corrected chi connectivity index (χ0v) is 18.1. The van der Waals surface area contributed by atoms with E-state index in [2.05, 4.69) is 0 Å². The second-order valence-corrected chi connectivity index (χ2v) is 7.56. The highest BCUT2D eigenvalue weighted by molar-refractivity contribution is 6.46. The lowest BCUT2D eigenvalue weighted by Gasteiger charge is -2.25. The summed E-state index contributed by atoms with van der Waals surface area (Å²) in [5.41, 5.74) is 0.913. The molecule has 0 aliphatic carbocycles. The SMILES string of the molecule is COc1ccc([C@@H]2C(=C(O)c3ccc(Cl)cc3)C(=O)C(=O)N2Cc2ccco2)cc1OC. The first-order valence-corrected chi connectivity index (χ1v) is 10.1. The van der Waals surface area contributed by atoms with E-state index in [9.17, 15) is 14.7 Å². The number of benzene rings is 2. The highest BCUT2D eigenvalue weighted by Gasteiger charge is 2.46. The van der Waals surface area contributed by atoms with Crippen LogP contribution in [0.1, 0.15) is 22.9 Å². The molecule has 1 atom stereocenters. The number of nitrogens with zero attached hydrogens (tertiary/aromatic N) is 1. The highest BCUT2D eigenvalue weighted by Crippen LogP contribution is 2.42. The fraction of sp³-hybridized carbons (Fsp3) is 0.167. The van der Waals surface area contributed by atoms with Gasteiger partial charge in [0.15, 0.2) is 11.5 Å². The van der Waals surface area contributed by atoms with Gasteiger partial charge in [0.25, 0.3) is 11.7 Å². The molecule has 1 aliphatic heterocycles. The molecule has 3 aromatic rings. The number of rotatable bonds is 6. The topological polar surface area (TPSA) is 89.2 Å². The maximum atomic E-state index is 13.1. The third-order valence-corrected chi connectivity index (χ3v) is 5.54. The van der Waals surface area contributed by atoms with Gasteiger partial charge >= 0.3 is 0 Å². The van der Waals surface area contributed by atoms with Crippen molar-refractivity contribution in [2.24, 2.45) is 0 Å². The first kappa shape index (κ1) is 21.5. The Morgan fingerprint density at radius 3 is 2.41 bits per heavy atom. The molecule has 0 saturated carbocycles. The van der Waals surface area contributed by atoms with Crippen LogP contribution >= 0.6 is 11.6 Å². The minimum absolute atomic E-state index is 0.0314. The van der Waals surface area contributed by atoms with Gasteiger partial charge < -0.3 is 23.9 Å². The quantitative estimate of drug-likeness (QED) is 0.334. The van der Waals surface area contributed by atoms with Crippen molar-refractivity contribution < 1.29 is 28.6 Å². The van der Waals surface area contributed by atoms with Gasteiger partial charge in [0.1, 0.15) is 11.5 Å². The summed E-state index contributed by atoms with van der Waals surface area (Å²) in [6.45, 7) is 0.0496. The van der Waals surface area contributed by atoms with E-state index in [1.807, 2.05) is 0 Å². The van der Waals surface area contributed by atoms with E-state index >= 15 is 0 Å². The van der Waals surface area contributed by atoms with Crippen molar-refractivity contribution in [2.75, 3.05) is 14.2 Å². The summed E-state index contributed by atoms with van der Waals surface area (Å²) in [5, 5.41) is 11.5. The van der Waals surface area contributed by atoms with Crippen LogP contribution in [0.2, 0.25) is 5.02 Å². The molecule has 1 amide bonds. The third kappa shape index (κ3) is 3.83. The van der Waals surface area contributed by atoms with E-state index in [1.54, 1.807) is 54.6 Å². The van der Waals surface area contributed by atoms with E-state index in [1.165, 1.54) is 25.4 Å². The summed E-state index contributed by atoms with van der Waals surface area (Å²) in [7, 11) is 3.01. The molecule has 0 bridgehead atoms. The Hall–Kier alpha value is -3.71. The van der Waals surface area contributed by atoms with E-state index in [0.29, 0.717) is 33.4 Å². The summed E-state index contributed by atoms with van der Waals surface area (Å²) in [6.07, 6.45) is 1.49. The number of carbonyl (C=O) groups is 2. The van der Waals surface area contributed by atoms with E-state index in [0.717, 1.165) is 0 Å². The lowest BCUT2D eigenvalue weighted by atomic mass is 9.95. The molecule has 164 valence electrons. The maximum absolute atomic E-state index is 13.1. The van der Waals surface area contributed by atoms with Crippen molar-refractivity contribution in [1.29, 1.82) is 0 Å². The number of hydrogen-bond donors (Lipinski definition) is 1. The molecule has 32 heavy (non-hydrogen) atoms. The Bertz CT molecular complexity index is 1180. The Morgan fingerprint density at radius 1 is 1.06 bits per heavy atom. The van der Waals surface area contributed by atoms with E-state index in [4.69, 9.17) is 25.5 Å². The summed E-state index contributed by atoms with van der Waals surface area (Å²) in [6, 6.07) is 14.0. The zero-order chi connectivity index (χ0) is 22.8. The highest BCUT2D eigenvalue weighted by atomic mass is 35.5. The molecule has 1 saturated heterocycles. The molecule has 0 radical (unpaired) electrons. The molecule has 1 fully saturated rings. The maximum Gasteiger partial charge on any atom is 0.296 e. The van der Waals surface area contributed by atoms with Crippen molar-refractivity contribution in [3.05, 3.63) is 88.3 Å².